The number of benzene rings is 1. The summed E-state index contributed by atoms with van der Waals surface area (Å²) < 4.78 is 0. The number of likely N-dealkylation sites (N-methyl/N-ethyl adjacent to an activating group) is 2. The fourth-order valence-electron chi connectivity index (χ4n) is 1.20. The molecule has 0 bridgehead atoms. The van der Waals surface area contributed by atoms with E-state index in [1.165, 1.54) is 0 Å². The number of nitriles is 1. The van der Waals surface area contributed by atoms with E-state index in [1.54, 1.807) is 30.1 Å². The maximum atomic E-state index is 11.1. The molecule has 0 aliphatic carbocycles. The van der Waals surface area contributed by atoms with Crippen LogP contribution in [0.3, 0.4) is 0 Å². The molecule has 1 amide bonds. The first-order valence-corrected chi connectivity index (χ1v) is 4.59. The Labute approximate surface area is 89.1 Å². The van der Waals surface area contributed by atoms with Crippen LogP contribution in [-0.4, -0.2) is 26.5 Å². The molecular weight excluding hydrogens is 190 g/mol. The lowest BCUT2D eigenvalue weighted by molar-refractivity contribution is -0.119. The van der Waals surface area contributed by atoms with Crippen LogP contribution in [0.5, 0.6) is 0 Å². The highest BCUT2D eigenvalue weighted by atomic mass is 16.1. The van der Waals surface area contributed by atoms with Crippen LogP contribution in [0.25, 0.3) is 0 Å². The van der Waals surface area contributed by atoms with E-state index in [1.807, 2.05) is 13.1 Å². The highest BCUT2D eigenvalue weighted by Gasteiger charge is 2.05. The summed E-state index contributed by atoms with van der Waals surface area (Å²) in [5, 5.41) is 11.3. The summed E-state index contributed by atoms with van der Waals surface area (Å²) in [7, 11) is 3.41. The number of carbonyl (C=O) groups excluding carboxylic acids is 1. The Morgan fingerprint density at radius 3 is 2.93 bits per heavy atom. The molecule has 0 spiro atoms. The highest BCUT2D eigenvalue weighted by Crippen LogP contribution is 2.13. The minimum Gasteiger partial charge on any atom is -0.365 e. The number of hydrogen-bond acceptors (Lipinski definition) is 3. The molecule has 0 radical (unpaired) electrons. The van der Waals surface area contributed by atoms with E-state index in [4.69, 9.17) is 5.26 Å². The lowest BCUT2D eigenvalue weighted by Crippen LogP contribution is -2.32. The third-order valence-corrected chi connectivity index (χ3v) is 2.08. The van der Waals surface area contributed by atoms with Crippen LogP contribution in [0.15, 0.2) is 24.3 Å². The quantitative estimate of drug-likeness (QED) is 0.788. The Morgan fingerprint density at radius 1 is 1.60 bits per heavy atom. The van der Waals surface area contributed by atoms with Gasteiger partial charge in [-0.3, -0.25) is 4.79 Å². The smallest absolute Gasteiger partial charge is 0.239 e. The average molecular weight is 203 g/mol. The van der Waals surface area contributed by atoms with Crippen LogP contribution >= 0.6 is 0 Å². The third-order valence-electron chi connectivity index (χ3n) is 2.08. The summed E-state index contributed by atoms with van der Waals surface area (Å²) in [6, 6.07) is 9.21. The van der Waals surface area contributed by atoms with E-state index < -0.39 is 0 Å². The zero-order valence-corrected chi connectivity index (χ0v) is 8.82. The summed E-state index contributed by atoms with van der Waals surface area (Å²) in [6.45, 7) is 0.283. The van der Waals surface area contributed by atoms with Crippen molar-refractivity contribution in [2.75, 3.05) is 25.5 Å². The van der Waals surface area contributed by atoms with Crippen LogP contribution in [0.1, 0.15) is 5.56 Å². The monoisotopic (exact) mass is 203 g/mol. The third kappa shape index (κ3) is 2.99. The van der Waals surface area contributed by atoms with E-state index >= 15 is 0 Å². The summed E-state index contributed by atoms with van der Waals surface area (Å²) in [4.78, 5) is 12.9. The molecule has 0 unspecified atom stereocenters. The molecule has 0 aliphatic heterocycles. The fraction of sp³-hybridized carbons (Fsp3) is 0.273. The first-order valence-electron chi connectivity index (χ1n) is 4.59. The van der Waals surface area contributed by atoms with Gasteiger partial charge in [-0.1, -0.05) is 6.07 Å². The lowest BCUT2D eigenvalue weighted by atomic mass is 10.2. The molecule has 0 saturated carbocycles. The number of hydrogen-bond donors (Lipinski definition) is 1. The van der Waals surface area contributed by atoms with Crippen molar-refractivity contribution in [2.24, 2.45) is 0 Å². The summed E-state index contributed by atoms with van der Waals surface area (Å²) in [5.74, 6) is -0.0557. The zero-order valence-electron chi connectivity index (χ0n) is 8.82. The predicted octanol–water partition coefficient (Wildman–Crippen LogP) is 0.740. The van der Waals surface area contributed by atoms with E-state index in [0.717, 1.165) is 5.69 Å². The van der Waals surface area contributed by atoms with Gasteiger partial charge in [0.2, 0.25) is 5.91 Å². The first-order chi connectivity index (χ1) is 7.17. The number of nitrogens with zero attached hydrogens (tertiary/aromatic N) is 2. The molecule has 4 nitrogen and oxygen atoms in total. The minimum absolute atomic E-state index is 0.0557. The molecule has 78 valence electrons. The van der Waals surface area contributed by atoms with Gasteiger partial charge < -0.3 is 10.2 Å². The van der Waals surface area contributed by atoms with Crippen LogP contribution in [-0.2, 0) is 4.79 Å². The number of amides is 1. The van der Waals surface area contributed by atoms with Gasteiger partial charge in [-0.2, -0.15) is 5.26 Å². The van der Waals surface area contributed by atoms with E-state index in [9.17, 15) is 4.79 Å². The lowest BCUT2D eigenvalue weighted by Gasteiger charge is -2.18. The second kappa shape index (κ2) is 5.01. The topological polar surface area (TPSA) is 56.1 Å². The van der Waals surface area contributed by atoms with Crippen LogP contribution < -0.4 is 10.2 Å². The molecular formula is C11H13N3O. The van der Waals surface area contributed by atoms with Crippen molar-refractivity contribution in [3.63, 3.8) is 0 Å². The van der Waals surface area contributed by atoms with Crippen LogP contribution in [0, 0.1) is 11.3 Å². The van der Waals surface area contributed by atoms with E-state index in [2.05, 4.69) is 11.4 Å². The van der Waals surface area contributed by atoms with Crippen molar-refractivity contribution in [1.82, 2.24) is 5.32 Å². The Morgan fingerprint density at radius 2 is 2.33 bits per heavy atom. The van der Waals surface area contributed by atoms with Gasteiger partial charge in [0, 0.05) is 19.8 Å². The van der Waals surface area contributed by atoms with E-state index in [-0.39, 0.29) is 12.5 Å². The van der Waals surface area contributed by atoms with Crippen molar-refractivity contribution in [3.8, 4) is 6.07 Å². The molecule has 4 heteroatoms. The summed E-state index contributed by atoms with van der Waals surface area (Å²) >= 11 is 0. The Balaban J connectivity index is 2.78. The predicted molar refractivity (Wildman–Crippen MR) is 58.5 cm³/mol. The van der Waals surface area contributed by atoms with Crippen LogP contribution in [0.2, 0.25) is 0 Å². The van der Waals surface area contributed by atoms with Gasteiger partial charge in [0.05, 0.1) is 18.2 Å². The van der Waals surface area contributed by atoms with Crippen molar-refractivity contribution in [3.05, 3.63) is 29.8 Å². The molecule has 1 rings (SSSR count). The second-order valence-corrected chi connectivity index (χ2v) is 3.19. The van der Waals surface area contributed by atoms with Gasteiger partial charge in [0.25, 0.3) is 0 Å². The summed E-state index contributed by atoms with van der Waals surface area (Å²) in [5.41, 5.74) is 1.45. The van der Waals surface area contributed by atoms with Gasteiger partial charge in [0.1, 0.15) is 0 Å². The van der Waals surface area contributed by atoms with Crippen molar-refractivity contribution >= 4 is 11.6 Å². The number of rotatable bonds is 3. The standard InChI is InChI=1S/C11H13N3O/c1-13-11(15)8-14(2)10-5-3-4-9(6-10)7-12/h3-6H,8H2,1-2H3,(H,13,15). The maximum Gasteiger partial charge on any atom is 0.239 e. The average Bonchev–Trinajstić information content (AvgIpc) is 2.28. The molecule has 15 heavy (non-hydrogen) atoms. The number of nitrogens with one attached hydrogen (secondary N) is 1. The number of anilines is 1. The van der Waals surface area contributed by atoms with Gasteiger partial charge in [-0.15, -0.1) is 0 Å². The van der Waals surface area contributed by atoms with Gasteiger partial charge >= 0.3 is 0 Å². The van der Waals surface area contributed by atoms with Crippen molar-refractivity contribution in [2.45, 2.75) is 0 Å². The maximum absolute atomic E-state index is 11.1. The van der Waals surface area contributed by atoms with Crippen LogP contribution in [0.4, 0.5) is 5.69 Å². The number of carbonyl (C=O) groups is 1. The zero-order chi connectivity index (χ0) is 11.3. The van der Waals surface area contributed by atoms with Gasteiger partial charge in [-0.05, 0) is 18.2 Å². The Bertz CT molecular complexity index is 395. The Hall–Kier alpha value is -2.02. The summed E-state index contributed by atoms with van der Waals surface area (Å²) in [6.07, 6.45) is 0. The fourth-order valence-corrected chi connectivity index (χ4v) is 1.20. The molecule has 0 aromatic heterocycles. The molecule has 0 saturated heterocycles. The molecule has 1 aromatic carbocycles. The van der Waals surface area contributed by atoms with E-state index in [0.29, 0.717) is 5.56 Å². The molecule has 1 N–H and O–H groups in total. The molecule has 0 heterocycles. The Kier molecular flexibility index (Phi) is 3.69. The first kappa shape index (κ1) is 11.1. The SMILES string of the molecule is CNC(=O)CN(C)c1cccc(C#N)c1. The minimum atomic E-state index is -0.0557. The normalized spacial score (nSPS) is 9.13. The second-order valence-electron chi connectivity index (χ2n) is 3.19. The largest absolute Gasteiger partial charge is 0.365 e. The van der Waals surface area contributed by atoms with Crippen molar-refractivity contribution in [1.29, 1.82) is 5.26 Å². The molecule has 1 aromatic rings. The van der Waals surface area contributed by atoms with Crippen molar-refractivity contribution < 1.29 is 4.79 Å². The molecule has 0 fully saturated rings. The molecule has 0 aliphatic rings. The van der Waals surface area contributed by atoms with Gasteiger partial charge in [-0.25, -0.2) is 0 Å². The molecule has 0 atom stereocenters. The van der Waals surface area contributed by atoms with Gasteiger partial charge in [0.15, 0.2) is 0 Å². The highest BCUT2D eigenvalue weighted by molar-refractivity contribution is 5.80.